The van der Waals surface area contributed by atoms with Crippen LogP contribution in [0.3, 0.4) is 0 Å². The van der Waals surface area contributed by atoms with Crippen LogP contribution in [0.4, 0.5) is 17.1 Å². The zero-order valence-corrected chi connectivity index (χ0v) is 34.1. The molecule has 0 fully saturated rings. The van der Waals surface area contributed by atoms with E-state index in [1.165, 1.54) is 71.9 Å². The summed E-state index contributed by atoms with van der Waals surface area (Å²) in [5, 5.41) is 2.51. The van der Waals surface area contributed by atoms with Gasteiger partial charge in [0.2, 0.25) is 0 Å². The second-order valence-corrected chi connectivity index (χ2v) is 15.7. The molecule has 0 aliphatic heterocycles. The number of para-hydroxylation sites is 3. The molecule has 11 aromatic rings. The van der Waals surface area contributed by atoms with Crippen LogP contribution in [0.15, 0.2) is 255 Å². The first-order chi connectivity index (χ1) is 30.8. The molecule has 1 heterocycles. The monoisotopic (exact) mass is 790 g/mol. The predicted octanol–water partition coefficient (Wildman–Crippen LogP) is 16.6. The maximum atomic E-state index is 2.40. The molecule has 1 aromatic heterocycles. The standard InChI is InChI=1S/C60H42N2/c1-4-19-43(20-5-1)50-25-10-11-29-56(50)60-52(45-23-8-3-9-24-45)30-18-31-53(60)46-35-37-47(38-36-46)61(57-32-15-12-26-51(57)44-21-6-2-7-22-44)48-39-41-49(42-40-48)62-58-33-16-13-27-54(58)55-28-14-17-34-59(55)62/h1-42H. The van der Waals surface area contributed by atoms with Gasteiger partial charge in [-0.2, -0.15) is 0 Å². The SMILES string of the molecule is c1ccc(-c2ccccc2-c2c(-c3ccccc3)cccc2-c2ccc(N(c3ccc(-n4c5ccccc5c5ccccc54)cc3)c3ccccc3-c3ccccc3)cc2)cc1. The van der Waals surface area contributed by atoms with Crippen LogP contribution in [0.25, 0.3) is 83.1 Å². The number of hydrogen-bond acceptors (Lipinski definition) is 1. The molecular formula is C60H42N2. The van der Waals surface area contributed by atoms with Gasteiger partial charge >= 0.3 is 0 Å². The summed E-state index contributed by atoms with van der Waals surface area (Å²) in [4.78, 5) is 2.40. The molecule has 0 N–H and O–H groups in total. The van der Waals surface area contributed by atoms with E-state index < -0.39 is 0 Å². The van der Waals surface area contributed by atoms with Crippen LogP contribution in [0, 0.1) is 0 Å². The third kappa shape index (κ3) is 6.65. The van der Waals surface area contributed by atoms with Crippen LogP contribution < -0.4 is 4.90 Å². The summed E-state index contributed by atoms with van der Waals surface area (Å²) in [6.07, 6.45) is 0. The zero-order valence-electron chi connectivity index (χ0n) is 34.1. The van der Waals surface area contributed by atoms with E-state index >= 15 is 0 Å². The zero-order chi connectivity index (χ0) is 41.2. The van der Waals surface area contributed by atoms with Crippen molar-refractivity contribution >= 4 is 38.9 Å². The van der Waals surface area contributed by atoms with Crippen molar-refractivity contribution in [3.8, 4) is 61.3 Å². The van der Waals surface area contributed by atoms with Crippen molar-refractivity contribution in [1.82, 2.24) is 4.57 Å². The Balaban J connectivity index is 1.06. The van der Waals surface area contributed by atoms with Gasteiger partial charge in [-0.3, -0.25) is 0 Å². The molecule has 0 spiro atoms. The summed E-state index contributed by atoms with van der Waals surface area (Å²) in [6, 6.07) is 92.0. The van der Waals surface area contributed by atoms with E-state index in [0.29, 0.717) is 0 Å². The van der Waals surface area contributed by atoms with E-state index in [1.54, 1.807) is 0 Å². The smallest absolute Gasteiger partial charge is 0.0541 e. The fourth-order valence-electron chi connectivity index (χ4n) is 9.21. The molecule has 0 aliphatic rings. The van der Waals surface area contributed by atoms with Crippen molar-refractivity contribution in [2.75, 3.05) is 4.90 Å². The molecule has 0 radical (unpaired) electrons. The normalized spacial score (nSPS) is 11.2. The van der Waals surface area contributed by atoms with Gasteiger partial charge in [-0.15, -0.1) is 0 Å². The van der Waals surface area contributed by atoms with Gasteiger partial charge in [-0.25, -0.2) is 0 Å². The number of anilines is 3. The lowest BCUT2D eigenvalue weighted by atomic mass is 9.84. The fourth-order valence-corrected chi connectivity index (χ4v) is 9.21. The Morgan fingerprint density at radius 1 is 0.258 bits per heavy atom. The molecule has 0 unspecified atom stereocenters. The average molecular weight is 791 g/mol. The molecule has 2 heteroatoms. The van der Waals surface area contributed by atoms with Crippen LogP contribution >= 0.6 is 0 Å². The molecule has 0 aliphatic carbocycles. The minimum atomic E-state index is 1.08. The largest absolute Gasteiger partial charge is 0.310 e. The van der Waals surface area contributed by atoms with Crippen molar-refractivity contribution in [1.29, 1.82) is 0 Å². The van der Waals surface area contributed by atoms with Crippen LogP contribution in [-0.4, -0.2) is 4.57 Å². The number of fused-ring (bicyclic) bond motifs is 3. The highest BCUT2D eigenvalue weighted by Crippen LogP contribution is 2.46. The second kappa shape index (κ2) is 16.1. The van der Waals surface area contributed by atoms with Crippen LogP contribution in [-0.2, 0) is 0 Å². The number of nitrogens with zero attached hydrogens (tertiary/aromatic N) is 2. The van der Waals surface area contributed by atoms with Crippen molar-refractivity contribution in [2.45, 2.75) is 0 Å². The van der Waals surface area contributed by atoms with Crippen LogP contribution in [0.2, 0.25) is 0 Å². The lowest BCUT2D eigenvalue weighted by molar-refractivity contribution is 1.17. The van der Waals surface area contributed by atoms with Gasteiger partial charge in [0, 0.05) is 33.4 Å². The molecule has 0 amide bonds. The third-order valence-corrected chi connectivity index (χ3v) is 12.0. The average Bonchev–Trinajstić information content (AvgIpc) is 3.70. The van der Waals surface area contributed by atoms with E-state index in [2.05, 4.69) is 264 Å². The minimum absolute atomic E-state index is 1.08. The molecule has 0 bridgehead atoms. The van der Waals surface area contributed by atoms with E-state index in [0.717, 1.165) is 28.3 Å². The van der Waals surface area contributed by atoms with Crippen LogP contribution in [0.1, 0.15) is 0 Å². The third-order valence-electron chi connectivity index (χ3n) is 12.0. The quantitative estimate of drug-likeness (QED) is 0.141. The lowest BCUT2D eigenvalue weighted by Crippen LogP contribution is -2.11. The molecule has 10 aromatic carbocycles. The number of rotatable bonds is 9. The first-order valence-corrected chi connectivity index (χ1v) is 21.3. The highest BCUT2D eigenvalue weighted by atomic mass is 15.1. The van der Waals surface area contributed by atoms with Crippen molar-refractivity contribution in [3.63, 3.8) is 0 Å². The predicted molar refractivity (Wildman–Crippen MR) is 263 cm³/mol. The molecule has 0 atom stereocenters. The Morgan fingerprint density at radius 3 is 1.21 bits per heavy atom. The molecule has 62 heavy (non-hydrogen) atoms. The van der Waals surface area contributed by atoms with Gasteiger partial charge in [0.1, 0.15) is 0 Å². The second-order valence-electron chi connectivity index (χ2n) is 15.7. The molecule has 292 valence electrons. The summed E-state index contributed by atoms with van der Waals surface area (Å²) >= 11 is 0. The van der Waals surface area contributed by atoms with Gasteiger partial charge in [0.15, 0.2) is 0 Å². The maximum Gasteiger partial charge on any atom is 0.0541 e. The lowest BCUT2D eigenvalue weighted by Gasteiger charge is -2.28. The number of benzene rings is 10. The molecular weight excluding hydrogens is 749 g/mol. The van der Waals surface area contributed by atoms with Gasteiger partial charge in [0.05, 0.1) is 16.7 Å². The Morgan fingerprint density at radius 2 is 0.645 bits per heavy atom. The van der Waals surface area contributed by atoms with E-state index in [4.69, 9.17) is 0 Å². The van der Waals surface area contributed by atoms with Gasteiger partial charge in [0.25, 0.3) is 0 Å². The van der Waals surface area contributed by atoms with E-state index in [1.807, 2.05) is 0 Å². The highest BCUT2D eigenvalue weighted by molar-refractivity contribution is 6.09. The van der Waals surface area contributed by atoms with E-state index in [-0.39, 0.29) is 0 Å². The summed E-state index contributed by atoms with van der Waals surface area (Å²) in [5.74, 6) is 0. The topological polar surface area (TPSA) is 8.17 Å². The number of aromatic nitrogens is 1. The van der Waals surface area contributed by atoms with Gasteiger partial charge in [-0.05, 0) is 105 Å². The summed E-state index contributed by atoms with van der Waals surface area (Å²) in [5.41, 5.74) is 18.7. The highest BCUT2D eigenvalue weighted by Gasteiger charge is 2.21. The Hall–Kier alpha value is -8.20. The summed E-state index contributed by atoms with van der Waals surface area (Å²) in [6.45, 7) is 0. The number of hydrogen-bond donors (Lipinski definition) is 0. The molecule has 0 saturated heterocycles. The Kier molecular flexibility index (Phi) is 9.57. The van der Waals surface area contributed by atoms with Crippen molar-refractivity contribution in [2.24, 2.45) is 0 Å². The summed E-state index contributed by atoms with van der Waals surface area (Å²) < 4.78 is 2.38. The van der Waals surface area contributed by atoms with Gasteiger partial charge in [-0.1, -0.05) is 200 Å². The van der Waals surface area contributed by atoms with Crippen molar-refractivity contribution < 1.29 is 0 Å². The Labute approximate surface area is 362 Å². The molecule has 11 rings (SSSR count). The van der Waals surface area contributed by atoms with Gasteiger partial charge < -0.3 is 9.47 Å². The Bertz CT molecular complexity index is 3260. The fraction of sp³-hybridized carbons (Fsp3) is 0. The maximum absolute atomic E-state index is 2.40. The first-order valence-electron chi connectivity index (χ1n) is 21.3. The minimum Gasteiger partial charge on any atom is -0.310 e. The molecule has 0 saturated carbocycles. The molecule has 2 nitrogen and oxygen atoms in total. The first kappa shape index (κ1) is 36.8. The van der Waals surface area contributed by atoms with Crippen molar-refractivity contribution in [3.05, 3.63) is 255 Å². The van der Waals surface area contributed by atoms with Crippen LogP contribution in [0.5, 0.6) is 0 Å². The van der Waals surface area contributed by atoms with E-state index in [9.17, 15) is 0 Å². The summed E-state index contributed by atoms with van der Waals surface area (Å²) in [7, 11) is 0.